The van der Waals surface area contributed by atoms with E-state index in [4.69, 9.17) is 10.5 Å². The molecule has 1 aliphatic heterocycles. The number of carbonyl (C=O) groups is 1. The molecular weight excluding hydrogens is 336 g/mol. The molecule has 2 N–H and O–H groups in total. The Bertz CT molecular complexity index is 667. The maximum atomic E-state index is 13.1. The van der Waals surface area contributed by atoms with Crippen molar-refractivity contribution in [1.82, 2.24) is 4.90 Å². The third-order valence-corrected chi connectivity index (χ3v) is 7.15. The third-order valence-electron chi connectivity index (χ3n) is 7.15. The summed E-state index contributed by atoms with van der Waals surface area (Å²) in [6.07, 6.45) is 7.82. The molecule has 4 heteroatoms. The number of carbonyl (C=O) groups excluding carboxylic acids is 1. The van der Waals surface area contributed by atoms with Gasteiger partial charge in [0.25, 0.3) is 0 Å². The number of nitrogens with zero attached hydrogens (tertiary/aromatic N) is 1. The van der Waals surface area contributed by atoms with Gasteiger partial charge in [-0.15, -0.1) is 0 Å². The van der Waals surface area contributed by atoms with Crippen molar-refractivity contribution in [3.63, 3.8) is 0 Å². The highest BCUT2D eigenvalue weighted by atomic mass is 16.5. The van der Waals surface area contributed by atoms with Crippen LogP contribution in [0.15, 0.2) is 18.2 Å². The predicted molar refractivity (Wildman–Crippen MR) is 108 cm³/mol. The maximum Gasteiger partial charge on any atom is 0.225 e. The molecule has 0 radical (unpaired) electrons. The summed E-state index contributed by atoms with van der Waals surface area (Å²) in [4.78, 5) is 15.2. The van der Waals surface area contributed by atoms with E-state index in [2.05, 4.69) is 36.9 Å². The number of fused-ring (bicyclic) bond motifs is 2. The Morgan fingerprint density at radius 1 is 1.07 bits per heavy atom. The smallest absolute Gasteiger partial charge is 0.225 e. The normalized spacial score (nSPS) is 31.6. The molecule has 1 aromatic carbocycles. The van der Waals surface area contributed by atoms with Gasteiger partial charge in [0.15, 0.2) is 0 Å². The summed E-state index contributed by atoms with van der Waals surface area (Å²) >= 11 is 0. The van der Waals surface area contributed by atoms with Crippen molar-refractivity contribution in [1.29, 1.82) is 0 Å². The Labute approximate surface area is 163 Å². The van der Waals surface area contributed by atoms with Crippen LogP contribution in [-0.2, 0) is 4.79 Å². The van der Waals surface area contributed by atoms with E-state index < -0.39 is 0 Å². The fourth-order valence-electron chi connectivity index (χ4n) is 5.46. The number of likely N-dealkylation sites (tertiary alicyclic amines) is 1. The number of hydrogen-bond acceptors (Lipinski definition) is 3. The number of rotatable bonds is 3. The van der Waals surface area contributed by atoms with Gasteiger partial charge in [-0.1, -0.05) is 18.6 Å². The van der Waals surface area contributed by atoms with Crippen molar-refractivity contribution < 1.29 is 9.53 Å². The molecule has 2 saturated carbocycles. The molecule has 0 aromatic heterocycles. The van der Waals surface area contributed by atoms with Crippen LogP contribution in [0, 0.1) is 31.6 Å². The average Bonchev–Trinajstić information content (AvgIpc) is 2.65. The molecule has 27 heavy (non-hydrogen) atoms. The van der Waals surface area contributed by atoms with Crippen LogP contribution in [0.25, 0.3) is 0 Å². The molecule has 3 aliphatic rings. The second-order valence-corrected chi connectivity index (χ2v) is 9.11. The van der Waals surface area contributed by atoms with Gasteiger partial charge in [0.1, 0.15) is 11.9 Å². The topological polar surface area (TPSA) is 55.6 Å². The lowest BCUT2D eigenvalue weighted by Gasteiger charge is -2.45. The first-order chi connectivity index (χ1) is 13.0. The highest BCUT2D eigenvalue weighted by Gasteiger charge is 2.42. The Balaban J connectivity index is 1.31. The zero-order valence-electron chi connectivity index (χ0n) is 16.8. The summed E-state index contributed by atoms with van der Waals surface area (Å²) in [5.41, 5.74) is 8.81. The minimum atomic E-state index is 0.205. The highest BCUT2D eigenvalue weighted by molar-refractivity contribution is 5.79. The molecular formula is C23H34N2O2. The SMILES string of the molecule is Cc1ccc(C)c(OC2CCN(C(=O)C3CC4CCCC(C3)C4N)CC2)c1. The third kappa shape index (κ3) is 4.01. The first-order valence-electron chi connectivity index (χ1n) is 10.8. The van der Waals surface area contributed by atoms with E-state index in [0.717, 1.165) is 44.5 Å². The van der Waals surface area contributed by atoms with Crippen molar-refractivity contribution in [3.05, 3.63) is 29.3 Å². The number of amides is 1. The van der Waals surface area contributed by atoms with Crippen molar-refractivity contribution in [2.75, 3.05) is 13.1 Å². The van der Waals surface area contributed by atoms with Crippen LogP contribution in [0.3, 0.4) is 0 Å². The first kappa shape index (κ1) is 18.8. The Morgan fingerprint density at radius 2 is 1.74 bits per heavy atom. The molecule has 2 atom stereocenters. The second kappa shape index (κ2) is 7.83. The number of piperidine rings is 1. The van der Waals surface area contributed by atoms with Gasteiger partial charge in [-0.2, -0.15) is 0 Å². The van der Waals surface area contributed by atoms with Crippen LogP contribution < -0.4 is 10.5 Å². The summed E-state index contributed by atoms with van der Waals surface area (Å²) in [6.45, 7) is 5.84. The molecule has 1 aromatic rings. The summed E-state index contributed by atoms with van der Waals surface area (Å²) < 4.78 is 6.26. The predicted octanol–water partition coefficient (Wildman–Crippen LogP) is 3.83. The molecule has 0 spiro atoms. The minimum absolute atomic E-state index is 0.205. The Kier molecular flexibility index (Phi) is 5.45. The van der Waals surface area contributed by atoms with E-state index >= 15 is 0 Å². The van der Waals surface area contributed by atoms with Gasteiger partial charge in [-0.05, 0) is 68.6 Å². The molecule has 4 rings (SSSR count). The molecule has 148 valence electrons. The minimum Gasteiger partial charge on any atom is -0.490 e. The Morgan fingerprint density at radius 3 is 2.41 bits per heavy atom. The quantitative estimate of drug-likeness (QED) is 0.880. The molecule has 2 bridgehead atoms. The zero-order valence-corrected chi connectivity index (χ0v) is 16.8. The van der Waals surface area contributed by atoms with Crippen molar-refractivity contribution in [3.8, 4) is 5.75 Å². The Hall–Kier alpha value is -1.55. The highest BCUT2D eigenvalue weighted by Crippen LogP contribution is 2.42. The monoisotopic (exact) mass is 370 g/mol. The lowest BCUT2D eigenvalue weighted by atomic mass is 9.65. The van der Waals surface area contributed by atoms with E-state index in [-0.39, 0.29) is 12.0 Å². The summed E-state index contributed by atoms with van der Waals surface area (Å²) in [7, 11) is 0. The van der Waals surface area contributed by atoms with Crippen LogP contribution >= 0.6 is 0 Å². The van der Waals surface area contributed by atoms with Crippen LogP contribution in [0.1, 0.15) is 56.1 Å². The van der Waals surface area contributed by atoms with Crippen molar-refractivity contribution in [2.45, 2.75) is 70.9 Å². The summed E-state index contributed by atoms with van der Waals surface area (Å²) in [6, 6.07) is 6.69. The molecule has 1 heterocycles. The molecule has 4 nitrogen and oxygen atoms in total. The zero-order chi connectivity index (χ0) is 19.0. The van der Waals surface area contributed by atoms with E-state index in [1.54, 1.807) is 0 Å². The van der Waals surface area contributed by atoms with Crippen LogP contribution in [0.5, 0.6) is 5.75 Å². The van der Waals surface area contributed by atoms with E-state index in [9.17, 15) is 4.79 Å². The number of aryl methyl sites for hydroxylation is 2. The molecule has 2 aliphatic carbocycles. The molecule has 2 unspecified atom stereocenters. The van der Waals surface area contributed by atoms with Crippen LogP contribution in [-0.4, -0.2) is 36.0 Å². The first-order valence-corrected chi connectivity index (χ1v) is 10.8. The fraction of sp³-hybridized carbons (Fsp3) is 0.696. The molecule has 3 fully saturated rings. The summed E-state index contributed by atoms with van der Waals surface area (Å²) in [5.74, 6) is 2.71. The van der Waals surface area contributed by atoms with Gasteiger partial charge in [-0.25, -0.2) is 0 Å². The number of hydrogen-bond donors (Lipinski definition) is 1. The standard InChI is InChI=1S/C23H34N2O2/c1-15-6-7-16(2)21(12-15)27-20-8-10-25(11-9-20)23(26)19-13-17-4-3-5-18(14-19)22(17)24/h6-7,12,17-20,22H,3-5,8-11,13-14,24H2,1-2H3. The van der Waals surface area contributed by atoms with E-state index in [1.807, 2.05) is 0 Å². The van der Waals surface area contributed by atoms with Gasteiger partial charge in [0, 0.05) is 37.9 Å². The van der Waals surface area contributed by atoms with Crippen molar-refractivity contribution >= 4 is 5.91 Å². The second-order valence-electron chi connectivity index (χ2n) is 9.11. The van der Waals surface area contributed by atoms with Crippen LogP contribution in [0.4, 0.5) is 0 Å². The van der Waals surface area contributed by atoms with E-state index in [0.29, 0.717) is 23.8 Å². The molecule has 1 amide bonds. The molecule has 1 saturated heterocycles. The van der Waals surface area contributed by atoms with Gasteiger partial charge in [0.2, 0.25) is 5.91 Å². The number of nitrogens with two attached hydrogens (primary N) is 1. The van der Waals surface area contributed by atoms with Gasteiger partial charge in [-0.3, -0.25) is 4.79 Å². The van der Waals surface area contributed by atoms with Gasteiger partial charge < -0.3 is 15.4 Å². The summed E-state index contributed by atoms with van der Waals surface area (Å²) in [5, 5.41) is 0. The van der Waals surface area contributed by atoms with Crippen LogP contribution in [0.2, 0.25) is 0 Å². The largest absolute Gasteiger partial charge is 0.490 e. The number of benzene rings is 1. The average molecular weight is 371 g/mol. The fourth-order valence-corrected chi connectivity index (χ4v) is 5.46. The lowest BCUT2D eigenvalue weighted by Crippen LogP contribution is -2.51. The maximum absolute atomic E-state index is 13.1. The number of ether oxygens (including phenoxy) is 1. The van der Waals surface area contributed by atoms with Gasteiger partial charge in [0.05, 0.1) is 0 Å². The lowest BCUT2D eigenvalue weighted by molar-refractivity contribution is -0.140. The van der Waals surface area contributed by atoms with Gasteiger partial charge >= 0.3 is 0 Å². The van der Waals surface area contributed by atoms with Crippen molar-refractivity contribution in [2.24, 2.45) is 23.5 Å². The van der Waals surface area contributed by atoms with E-state index in [1.165, 1.54) is 30.4 Å².